The van der Waals surface area contributed by atoms with Crippen LogP contribution in [-0.2, 0) is 6.54 Å². The van der Waals surface area contributed by atoms with Gasteiger partial charge in [0.1, 0.15) is 17.2 Å². The first kappa shape index (κ1) is 39.7. The van der Waals surface area contributed by atoms with E-state index < -0.39 is 0 Å². The number of anilines is 1. The summed E-state index contributed by atoms with van der Waals surface area (Å²) in [5, 5.41) is 15.3. The summed E-state index contributed by atoms with van der Waals surface area (Å²) in [4.78, 5) is 16.0. The molecule has 2 N–H and O–H groups in total. The third kappa shape index (κ3) is 9.71. The first-order valence-electron chi connectivity index (χ1n) is 20.1. The first-order valence-corrected chi connectivity index (χ1v) is 20.1. The standard InChI is InChI=1S/C45H55N3O3.C2H6/c1-6-24-47(27-23-31(3)7-2)25-12-26-48-33(5)32(4)40-30-39(21-22-42(40)48)51-38-19-17-36(18-20-38)45(50)46-37-28-41(34-15-11-16-34)44(43(49)29-37)35-13-9-8-10-14-35;1-2/h8-10,13-14,17-22,28-31,34,49H,6-7,11-12,15-16,23-27H2,1-5H3,(H,46,50);1-2H3. The molecule has 4 aromatic carbocycles. The number of phenolic OH excluding ortho intramolecular Hbond substituents is 1. The quantitative estimate of drug-likeness (QED) is 0.107. The molecule has 1 saturated carbocycles. The number of aromatic hydroxyl groups is 1. The minimum atomic E-state index is -0.227. The van der Waals surface area contributed by atoms with E-state index >= 15 is 0 Å². The highest BCUT2D eigenvalue weighted by Gasteiger charge is 2.26. The topological polar surface area (TPSA) is 66.7 Å². The van der Waals surface area contributed by atoms with Crippen molar-refractivity contribution in [2.45, 2.75) is 106 Å². The third-order valence-electron chi connectivity index (χ3n) is 11.0. The molecule has 0 aliphatic heterocycles. The van der Waals surface area contributed by atoms with Crippen LogP contribution in [0.2, 0.25) is 0 Å². The van der Waals surface area contributed by atoms with Gasteiger partial charge in [0.2, 0.25) is 0 Å². The molecular weight excluding hydrogens is 655 g/mol. The predicted molar refractivity (Wildman–Crippen MR) is 223 cm³/mol. The maximum Gasteiger partial charge on any atom is 0.255 e. The van der Waals surface area contributed by atoms with Gasteiger partial charge >= 0.3 is 0 Å². The van der Waals surface area contributed by atoms with E-state index in [1.165, 1.54) is 60.9 Å². The van der Waals surface area contributed by atoms with E-state index in [9.17, 15) is 9.90 Å². The van der Waals surface area contributed by atoms with E-state index in [1.54, 1.807) is 18.2 Å². The fraction of sp³-hybridized carbons (Fsp3) is 0.426. The molecule has 1 aromatic heterocycles. The van der Waals surface area contributed by atoms with Crippen molar-refractivity contribution in [3.63, 3.8) is 0 Å². The molecule has 6 heteroatoms. The Morgan fingerprint density at radius 3 is 2.30 bits per heavy atom. The highest BCUT2D eigenvalue weighted by atomic mass is 16.5. The lowest BCUT2D eigenvalue weighted by Crippen LogP contribution is -2.28. The van der Waals surface area contributed by atoms with Gasteiger partial charge in [-0.15, -0.1) is 0 Å². The van der Waals surface area contributed by atoms with Gasteiger partial charge in [-0.25, -0.2) is 0 Å². The summed E-state index contributed by atoms with van der Waals surface area (Å²) in [5.41, 5.74) is 7.91. The maximum absolute atomic E-state index is 13.3. The molecule has 1 aliphatic carbocycles. The molecule has 1 heterocycles. The molecule has 0 radical (unpaired) electrons. The molecule has 0 saturated heterocycles. The van der Waals surface area contributed by atoms with Gasteiger partial charge in [0, 0.05) is 46.0 Å². The molecule has 6 nitrogen and oxygen atoms in total. The maximum atomic E-state index is 13.3. The Labute approximate surface area is 318 Å². The van der Waals surface area contributed by atoms with Gasteiger partial charge in [-0.2, -0.15) is 0 Å². The van der Waals surface area contributed by atoms with E-state index in [-0.39, 0.29) is 11.7 Å². The van der Waals surface area contributed by atoms with E-state index in [1.807, 2.05) is 68.4 Å². The van der Waals surface area contributed by atoms with Crippen molar-refractivity contribution in [1.82, 2.24) is 9.47 Å². The van der Waals surface area contributed by atoms with E-state index in [4.69, 9.17) is 4.74 Å². The summed E-state index contributed by atoms with van der Waals surface area (Å²) in [5.74, 6) is 2.58. The predicted octanol–water partition coefficient (Wildman–Crippen LogP) is 12.5. The lowest BCUT2D eigenvalue weighted by Gasteiger charge is -2.29. The number of phenols is 1. The van der Waals surface area contributed by atoms with Crippen molar-refractivity contribution in [3.05, 3.63) is 107 Å². The Morgan fingerprint density at radius 1 is 0.925 bits per heavy atom. The van der Waals surface area contributed by atoms with Gasteiger partial charge in [0.05, 0.1) is 0 Å². The fourth-order valence-corrected chi connectivity index (χ4v) is 7.39. The van der Waals surface area contributed by atoms with Crippen LogP contribution in [0.3, 0.4) is 0 Å². The SMILES string of the molecule is CC.CCCN(CCCn1c(C)c(C)c2cc(Oc3ccc(C(=O)Nc4cc(O)c(-c5ccccc5)c(C5CCC5)c4)cc3)ccc21)CCC(C)CC. The average molecular weight is 716 g/mol. The number of aromatic nitrogens is 1. The van der Waals surface area contributed by atoms with Gasteiger partial charge in [0.15, 0.2) is 0 Å². The van der Waals surface area contributed by atoms with Gasteiger partial charge in [-0.1, -0.05) is 77.8 Å². The summed E-state index contributed by atoms with van der Waals surface area (Å²) in [6.45, 7) is 19.8. The summed E-state index contributed by atoms with van der Waals surface area (Å²) in [6, 6.07) is 27.3. The lowest BCUT2D eigenvalue weighted by atomic mass is 9.76. The van der Waals surface area contributed by atoms with E-state index in [0.29, 0.717) is 22.9 Å². The number of rotatable bonds is 16. The van der Waals surface area contributed by atoms with Crippen LogP contribution in [0.25, 0.3) is 22.0 Å². The molecular formula is C47H61N3O3. The van der Waals surface area contributed by atoms with Crippen LogP contribution < -0.4 is 10.1 Å². The second-order valence-electron chi connectivity index (χ2n) is 14.6. The highest BCUT2D eigenvalue weighted by Crippen LogP contribution is 2.46. The van der Waals surface area contributed by atoms with Crippen LogP contribution in [0.4, 0.5) is 5.69 Å². The third-order valence-corrected chi connectivity index (χ3v) is 11.0. The Bertz CT molecular complexity index is 1930. The smallest absolute Gasteiger partial charge is 0.255 e. The Balaban J connectivity index is 0.00000266. The number of fused-ring (bicyclic) bond motifs is 1. The van der Waals surface area contributed by atoms with Crippen molar-refractivity contribution < 1.29 is 14.6 Å². The Hall–Kier alpha value is -4.55. The normalized spacial score (nSPS) is 13.4. The van der Waals surface area contributed by atoms with Crippen LogP contribution in [0.15, 0.2) is 84.9 Å². The molecule has 1 atom stereocenters. The minimum absolute atomic E-state index is 0.188. The second kappa shape index (κ2) is 19.0. The Morgan fingerprint density at radius 2 is 1.64 bits per heavy atom. The van der Waals surface area contributed by atoms with Crippen molar-refractivity contribution in [3.8, 4) is 28.4 Å². The van der Waals surface area contributed by atoms with Gasteiger partial charge < -0.3 is 24.6 Å². The molecule has 1 fully saturated rings. The summed E-state index contributed by atoms with van der Waals surface area (Å²) in [7, 11) is 0. The lowest BCUT2D eigenvalue weighted by molar-refractivity contribution is 0.102. The molecule has 0 spiro atoms. The molecule has 1 amide bonds. The van der Waals surface area contributed by atoms with Gasteiger partial charge in [-0.05, 0) is 143 Å². The highest BCUT2D eigenvalue weighted by molar-refractivity contribution is 6.04. The second-order valence-corrected chi connectivity index (χ2v) is 14.6. The molecule has 0 bridgehead atoms. The van der Waals surface area contributed by atoms with Crippen LogP contribution in [0, 0.1) is 19.8 Å². The number of ether oxygens (including phenoxy) is 1. The monoisotopic (exact) mass is 715 g/mol. The average Bonchev–Trinajstić information content (AvgIpc) is 3.38. The molecule has 1 aliphatic rings. The Kier molecular flexibility index (Phi) is 14.2. The number of aryl methyl sites for hydroxylation is 2. The number of nitrogens with one attached hydrogen (secondary N) is 1. The molecule has 5 aromatic rings. The molecule has 282 valence electrons. The minimum Gasteiger partial charge on any atom is -0.507 e. The summed E-state index contributed by atoms with van der Waals surface area (Å²) < 4.78 is 8.75. The van der Waals surface area contributed by atoms with Gasteiger partial charge in [-0.3, -0.25) is 4.79 Å². The van der Waals surface area contributed by atoms with Crippen molar-refractivity contribution in [1.29, 1.82) is 0 Å². The number of hydrogen-bond acceptors (Lipinski definition) is 4. The summed E-state index contributed by atoms with van der Waals surface area (Å²) >= 11 is 0. The van der Waals surface area contributed by atoms with Crippen LogP contribution in [-0.4, -0.2) is 40.1 Å². The number of carbonyl (C=O) groups excluding carboxylic acids is 1. The van der Waals surface area contributed by atoms with Crippen molar-refractivity contribution in [2.75, 3.05) is 25.0 Å². The van der Waals surface area contributed by atoms with Gasteiger partial charge in [0.25, 0.3) is 5.91 Å². The molecule has 53 heavy (non-hydrogen) atoms. The van der Waals surface area contributed by atoms with E-state index in [0.717, 1.165) is 60.7 Å². The zero-order chi connectivity index (χ0) is 37.9. The number of carbonyl (C=O) groups is 1. The number of hydrogen-bond donors (Lipinski definition) is 2. The zero-order valence-electron chi connectivity index (χ0n) is 33.2. The van der Waals surface area contributed by atoms with Crippen LogP contribution in [0.1, 0.15) is 113 Å². The number of benzene rings is 4. The van der Waals surface area contributed by atoms with E-state index in [2.05, 4.69) is 61.5 Å². The summed E-state index contributed by atoms with van der Waals surface area (Å²) in [6.07, 6.45) is 8.21. The number of amides is 1. The van der Waals surface area contributed by atoms with Crippen LogP contribution >= 0.6 is 0 Å². The molecule has 6 rings (SSSR count). The largest absolute Gasteiger partial charge is 0.507 e. The first-order chi connectivity index (χ1) is 25.7. The number of nitrogens with zero attached hydrogens (tertiary/aromatic N) is 2. The van der Waals surface area contributed by atoms with Crippen LogP contribution in [0.5, 0.6) is 17.2 Å². The zero-order valence-corrected chi connectivity index (χ0v) is 33.2. The fourth-order valence-electron chi connectivity index (χ4n) is 7.39. The molecule has 1 unspecified atom stereocenters. The van der Waals surface area contributed by atoms with Crippen molar-refractivity contribution in [2.24, 2.45) is 5.92 Å². The van der Waals surface area contributed by atoms with Crippen molar-refractivity contribution >= 4 is 22.5 Å².